The molecule has 1 aliphatic heterocycles. The number of rotatable bonds is 4. The SMILES string of the molecule is CC(C)c1[nH]ncc1C(=O)OCc1cc2c(cc1Br)OCCO2. The van der Waals surface area contributed by atoms with Crippen LogP contribution >= 0.6 is 15.9 Å². The second kappa shape index (κ2) is 6.62. The molecule has 2 heterocycles. The van der Waals surface area contributed by atoms with Crippen molar-refractivity contribution in [2.45, 2.75) is 26.4 Å². The van der Waals surface area contributed by atoms with Gasteiger partial charge >= 0.3 is 5.97 Å². The highest BCUT2D eigenvalue weighted by Gasteiger charge is 2.19. The molecule has 1 N–H and O–H groups in total. The Morgan fingerprint density at radius 3 is 2.74 bits per heavy atom. The van der Waals surface area contributed by atoms with Gasteiger partial charge in [-0.2, -0.15) is 5.10 Å². The van der Waals surface area contributed by atoms with Crippen LogP contribution in [0.15, 0.2) is 22.8 Å². The van der Waals surface area contributed by atoms with E-state index in [1.807, 2.05) is 26.0 Å². The average Bonchev–Trinajstić information content (AvgIpc) is 3.02. The number of nitrogens with zero attached hydrogens (tertiary/aromatic N) is 1. The van der Waals surface area contributed by atoms with Crippen LogP contribution in [0.4, 0.5) is 0 Å². The maximum absolute atomic E-state index is 12.3. The molecule has 2 aromatic rings. The van der Waals surface area contributed by atoms with Crippen LogP contribution in [-0.4, -0.2) is 29.4 Å². The van der Waals surface area contributed by atoms with Crippen LogP contribution in [0.1, 0.15) is 41.4 Å². The maximum Gasteiger partial charge on any atom is 0.341 e. The number of H-pyrrole nitrogens is 1. The molecule has 122 valence electrons. The molecule has 0 saturated carbocycles. The van der Waals surface area contributed by atoms with E-state index in [2.05, 4.69) is 26.1 Å². The Morgan fingerprint density at radius 2 is 2.04 bits per heavy atom. The smallest absolute Gasteiger partial charge is 0.341 e. The molecule has 0 aliphatic carbocycles. The van der Waals surface area contributed by atoms with E-state index in [9.17, 15) is 4.79 Å². The summed E-state index contributed by atoms with van der Waals surface area (Å²) in [7, 11) is 0. The van der Waals surface area contributed by atoms with Gasteiger partial charge in [-0.15, -0.1) is 0 Å². The Bertz CT molecular complexity index is 727. The molecule has 0 fully saturated rings. The molecule has 0 radical (unpaired) electrons. The number of ether oxygens (including phenoxy) is 3. The first-order chi connectivity index (χ1) is 11.1. The lowest BCUT2D eigenvalue weighted by Crippen LogP contribution is -2.16. The molecule has 0 unspecified atom stereocenters. The average molecular weight is 381 g/mol. The summed E-state index contributed by atoms with van der Waals surface area (Å²) in [6.45, 7) is 5.16. The molecular weight excluding hydrogens is 364 g/mol. The fourth-order valence-corrected chi connectivity index (χ4v) is 2.77. The van der Waals surface area contributed by atoms with Gasteiger partial charge in [-0.25, -0.2) is 4.79 Å². The van der Waals surface area contributed by atoms with Gasteiger partial charge in [0.1, 0.15) is 25.4 Å². The van der Waals surface area contributed by atoms with Crippen molar-refractivity contribution in [2.24, 2.45) is 0 Å². The number of esters is 1. The number of hydrogen-bond acceptors (Lipinski definition) is 5. The van der Waals surface area contributed by atoms with Gasteiger partial charge in [0.15, 0.2) is 11.5 Å². The third kappa shape index (κ3) is 3.34. The van der Waals surface area contributed by atoms with Crippen LogP contribution in [0.2, 0.25) is 0 Å². The second-order valence-electron chi connectivity index (χ2n) is 5.52. The van der Waals surface area contributed by atoms with E-state index in [-0.39, 0.29) is 12.5 Å². The lowest BCUT2D eigenvalue weighted by atomic mass is 10.1. The second-order valence-corrected chi connectivity index (χ2v) is 6.37. The third-order valence-corrected chi connectivity index (χ3v) is 4.27. The summed E-state index contributed by atoms with van der Waals surface area (Å²) in [5.41, 5.74) is 2.06. The zero-order valence-electron chi connectivity index (χ0n) is 12.9. The maximum atomic E-state index is 12.3. The first-order valence-electron chi connectivity index (χ1n) is 7.34. The molecule has 1 aromatic carbocycles. The molecule has 23 heavy (non-hydrogen) atoms. The summed E-state index contributed by atoms with van der Waals surface area (Å²) in [5.74, 6) is 1.12. The quantitative estimate of drug-likeness (QED) is 0.822. The van der Waals surface area contributed by atoms with Crippen LogP contribution < -0.4 is 9.47 Å². The molecule has 0 spiro atoms. The van der Waals surface area contributed by atoms with Crippen LogP contribution in [-0.2, 0) is 11.3 Å². The normalized spacial score (nSPS) is 13.2. The number of halogens is 1. The monoisotopic (exact) mass is 380 g/mol. The predicted octanol–water partition coefficient (Wildman–Crippen LogP) is 3.42. The summed E-state index contributed by atoms with van der Waals surface area (Å²) >= 11 is 3.47. The number of aromatic amines is 1. The summed E-state index contributed by atoms with van der Waals surface area (Å²) in [4.78, 5) is 12.3. The molecule has 7 heteroatoms. The number of benzene rings is 1. The fraction of sp³-hybridized carbons (Fsp3) is 0.375. The number of nitrogens with one attached hydrogen (secondary N) is 1. The van der Waals surface area contributed by atoms with Crippen LogP contribution in [0.3, 0.4) is 0 Å². The summed E-state index contributed by atoms with van der Waals surface area (Å²) in [5, 5.41) is 6.76. The largest absolute Gasteiger partial charge is 0.486 e. The lowest BCUT2D eigenvalue weighted by molar-refractivity contribution is 0.0469. The minimum absolute atomic E-state index is 0.138. The van der Waals surface area contributed by atoms with E-state index in [0.29, 0.717) is 30.3 Å². The van der Waals surface area contributed by atoms with Crippen molar-refractivity contribution in [3.63, 3.8) is 0 Å². The first-order valence-corrected chi connectivity index (χ1v) is 8.14. The summed E-state index contributed by atoms with van der Waals surface area (Å²) < 4.78 is 17.3. The Kier molecular flexibility index (Phi) is 4.56. The fourth-order valence-electron chi connectivity index (χ4n) is 2.34. The first kappa shape index (κ1) is 15.9. The van der Waals surface area contributed by atoms with Gasteiger partial charge in [0.2, 0.25) is 0 Å². The molecule has 0 atom stereocenters. The van der Waals surface area contributed by atoms with E-state index in [0.717, 1.165) is 15.7 Å². The van der Waals surface area contributed by atoms with E-state index in [1.54, 1.807) is 0 Å². The molecule has 0 bridgehead atoms. The Labute approximate surface area is 142 Å². The van der Waals surface area contributed by atoms with Crippen molar-refractivity contribution in [2.75, 3.05) is 13.2 Å². The molecule has 0 saturated heterocycles. The molecule has 1 aliphatic rings. The van der Waals surface area contributed by atoms with E-state index >= 15 is 0 Å². The highest BCUT2D eigenvalue weighted by Crippen LogP contribution is 2.35. The van der Waals surface area contributed by atoms with E-state index in [4.69, 9.17) is 14.2 Å². The van der Waals surface area contributed by atoms with Crippen molar-refractivity contribution >= 4 is 21.9 Å². The molecular formula is C16H17BrN2O4. The number of carbonyl (C=O) groups excluding carboxylic acids is 1. The van der Waals surface area contributed by atoms with Crippen molar-refractivity contribution in [1.82, 2.24) is 10.2 Å². The van der Waals surface area contributed by atoms with Gasteiger partial charge in [-0.05, 0) is 18.1 Å². The summed E-state index contributed by atoms with van der Waals surface area (Å²) in [6.07, 6.45) is 1.50. The van der Waals surface area contributed by atoms with Gasteiger partial charge in [-0.3, -0.25) is 5.10 Å². The highest BCUT2D eigenvalue weighted by molar-refractivity contribution is 9.10. The number of fused-ring (bicyclic) bond motifs is 1. The molecule has 1 aromatic heterocycles. The minimum Gasteiger partial charge on any atom is -0.486 e. The summed E-state index contributed by atoms with van der Waals surface area (Å²) in [6, 6.07) is 3.65. The topological polar surface area (TPSA) is 73.4 Å². The third-order valence-electron chi connectivity index (χ3n) is 3.54. The predicted molar refractivity (Wildman–Crippen MR) is 86.9 cm³/mol. The number of aromatic nitrogens is 2. The van der Waals surface area contributed by atoms with Crippen molar-refractivity contribution in [1.29, 1.82) is 0 Å². The van der Waals surface area contributed by atoms with E-state index < -0.39 is 5.97 Å². The minimum atomic E-state index is -0.399. The Balaban J connectivity index is 1.73. The van der Waals surface area contributed by atoms with Crippen LogP contribution in [0.25, 0.3) is 0 Å². The highest BCUT2D eigenvalue weighted by atomic mass is 79.9. The Hall–Kier alpha value is -2.02. The van der Waals surface area contributed by atoms with Crippen molar-refractivity contribution < 1.29 is 19.0 Å². The van der Waals surface area contributed by atoms with Gasteiger partial charge in [0, 0.05) is 10.0 Å². The van der Waals surface area contributed by atoms with Crippen LogP contribution in [0, 0.1) is 0 Å². The zero-order valence-corrected chi connectivity index (χ0v) is 14.5. The van der Waals surface area contributed by atoms with Crippen LogP contribution in [0.5, 0.6) is 11.5 Å². The number of hydrogen-bond donors (Lipinski definition) is 1. The zero-order chi connectivity index (χ0) is 16.4. The van der Waals surface area contributed by atoms with E-state index in [1.165, 1.54) is 6.20 Å². The van der Waals surface area contributed by atoms with Crippen molar-refractivity contribution in [3.8, 4) is 11.5 Å². The van der Waals surface area contributed by atoms with Gasteiger partial charge in [0.25, 0.3) is 0 Å². The lowest BCUT2D eigenvalue weighted by Gasteiger charge is -2.19. The van der Waals surface area contributed by atoms with Gasteiger partial charge in [0.05, 0.1) is 11.9 Å². The molecule has 3 rings (SSSR count). The van der Waals surface area contributed by atoms with Gasteiger partial charge < -0.3 is 14.2 Å². The Morgan fingerprint density at radius 1 is 1.35 bits per heavy atom. The van der Waals surface area contributed by atoms with Crippen molar-refractivity contribution in [3.05, 3.63) is 39.6 Å². The number of carbonyl (C=O) groups is 1. The molecule has 0 amide bonds. The standard InChI is InChI=1S/C16H17BrN2O4/c1-9(2)15-11(7-18-19-15)16(20)23-8-10-5-13-14(6-12(10)17)22-4-3-21-13/h5-7,9H,3-4,8H2,1-2H3,(H,18,19). The molecule has 6 nitrogen and oxygen atoms in total. The van der Waals surface area contributed by atoms with Gasteiger partial charge in [-0.1, -0.05) is 29.8 Å².